The Balaban J connectivity index is 2.25. The quantitative estimate of drug-likeness (QED) is 0.545. The van der Waals surface area contributed by atoms with Gasteiger partial charge in [-0.3, -0.25) is 4.79 Å². The Kier molecular flexibility index (Phi) is 7.19. The fraction of sp³-hybridized carbons (Fsp3) is 0.391. The summed E-state index contributed by atoms with van der Waals surface area (Å²) in [7, 11) is 1.68. The minimum Gasteiger partial charge on any atom is -0.383 e. The molecular formula is C23H29N3O2. The summed E-state index contributed by atoms with van der Waals surface area (Å²) in [5.41, 5.74) is 4.88. The van der Waals surface area contributed by atoms with Gasteiger partial charge in [-0.25, -0.2) is 0 Å². The van der Waals surface area contributed by atoms with Crippen molar-refractivity contribution in [2.75, 3.05) is 19.0 Å². The molecular weight excluding hydrogens is 350 g/mol. The molecule has 1 aromatic carbocycles. The van der Waals surface area contributed by atoms with Gasteiger partial charge < -0.3 is 14.6 Å². The van der Waals surface area contributed by atoms with Gasteiger partial charge in [-0.05, 0) is 62.1 Å². The predicted molar refractivity (Wildman–Crippen MR) is 113 cm³/mol. The van der Waals surface area contributed by atoms with E-state index in [1.807, 2.05) is 50.2 Å². The van der Waals surface area contributed by atoms with Crippen LogP contribution in [-0.2, 0) is 9.53 Å². The molecule has 0 aliphatic heterocycles. The highest BCUT2D eigenvalue weighted by Crippen LogP contribution is 2.23. The summed E-state index contributed by atoms with van der Waals surface area (Å²) in [6.07, 6.45) is 1.65. The number of nitrogens with zero attached hydrogens (tertiary/aromatic N) is 2. The van der Waals surface area contributed by atoms with Crippen LogP contribution in [0.5, 0.6) is 0 Å². The Bertz CT molecular complexity index is 899. The van der Waals surface area contributed by atoms with Gasteiger partial charge in [0, 0.05) is 24.2 Å². The zero-order chi connectivity index (χ0) is 20.8. The minimum atomic E-state index is -0.408. The lowest BCUT2D eigenvalue weighted by Crippen LogP contribution is -2.14. The van der Waals surface area contributed by atoms with E-state index in [9.17, 15) is 10.1 Å². The van der Waals surface area contributed by atoms with Crippen molar-refractivity contribution in [3.8, 4) is 6.07 Å². The van der Waals surface area contributed by atoms with E-state index in [4.69, 9.17) is 4.74 Å². The van der Waals surface area contributed by atoms with Crippen LogP contribution in [0.15, 0.2) is 35.9 Å². The first-order valence-corrected chi connectivity index (χ1v) is 9.49. The van der Waals surface area contributed by atoms with E-state index in [0.29, 0.717) is 18.2 Å². The average Bonchev–Trinajstić information content (AvgIpc) is 2.93. The number of hydrogen-bond donors (Lipinski definition) is 1. The Morgan fingerprint density at radius 3 is 2.43 bits per heavy atom. The SMILES string of the molecule is COCC(C)n1c(C)cc(/C=C(\C#N)C(=O)Nc2ccc(C(C)C)cc2)c1C. The number of hydrogen-bond acceptors (Lipinski definition) is 3. The number of carbonyl (C=O) groups is 1. The van der Waals surface area contributed by atoms with Crippen molar-refractivity contribution in [2.24, 2.45) is 0 Å². The smallest absolute Gasteiger partial charge is 0.266 e. The van der Waals surface area contributed by atoms with E-state index in [1.165, 1.54) is 5.56 Å². The zero-order valence-corrected chi connectivity index (χ0v) is 17.5. The molecule has 0 aliphatic carbocycles. The summed E-state index contributed by atoms with van der Waals surface area (Å²) in [5, 5.41) is 12.3. The van der Waals surface area contributed by atoms with Gasteiger partial charge in [0.25, 0.3) is 5.91 Å². The molecule has 1 atom stereocenters. The molecule has 148 valence electrons. The molecule has 0 radical (unpaired) electrons. The van der Waals surface area contributed by atoms with Crippen LogP contribution in [0.3, 0.4) is 0 Å². The maximum atomic E-state index is 12.6. The fourth-order valence-electron chi connectivity index (χ4n) is 3.40. The highest BCUT2D eigenvalue weighted by Gasteiger charge is 2.16. The maximum absolute atomic E-state index is 12.6. The minimum absolute atomic E-state index is 0.0765. The van der Waals surface area contributed by atoms with E-state index in [-0.39, 0.29) is 11.6 Å². The third-order valence-corrected chi connectivity index (χ3v) is 4.87. The van der Waals surface area contributed by atoms with Crippen molar-refractivity contribution in [1.29, 1.82) is 5.26 Å². The molecule has 5 nitrogen and oxygen atoms in total. The van der Waals surface area contributed by atoms with E-state index in [0.717, 1.165) is 17.0 Å². The molecule has 1 N–H and O–H groups in total. The average molecular weight is 380 g/mol. The fourth-order valence-corrected chi connectivity index (χ4v) is 3.40. The lowest BCUT2D eigenvalue weighted by Gasteiger charge is -2.17. The summed E-state index contributed by atoms with van der Waals surface area (Å²) in [5.74, 6) is 0.0182. The number of rotatable bonds is 7. The summed E-state index contributed by atoms with van der Waals surface area (Å²) in [6, 6.07) is 11.9. The van der Waals surface area contributed by atoms with E-state index in [2.05, 4.69) is 30.7 Å². The molecule has 0 saturated carbocycles. The molecule has 28 heavy (non-hydrogen) atoms. The first-order valence-electron chi connectivity index (χ1n) is 9.49. The lowest BCUT2D eigenvalue weighted by molar-refractivity contribution is -0.112. The summed E-state index contributed by atoms with van der Waals surface area (Å²) in [6.45, 7) is 10.9. The summed E-state index contributed by atoms with van der Waals surface area (Å²) >= 11 is 0. The first kappa shape index (κ1) is 21.5. The second-order valence-electron chi connectivity index (χ2n) is 7.40. The summed E-state index contributed by atoms with van der Waals surface area (Å²) < 4.78 is 7.41. The molecule has 0 bridgehead atoms. The molecule has 1 amide bonds. The molecule has 1 heterocycles. The van der Waals surface area contributed by atoms with Gasteiger partial charge in [-0.2, -0.15) is 5.26 Å². The Morgan fingerprint density at radius 1 is 1.25 bits per heavy atom. The molecule has 0 fully saturated rings. The van der Waals surface area contributed by atoms with Crippen molar-refractivity contribution in [3.05, 3.63) is 58.4 Å². The number of anilines is 1. The van der Waals surface area contributed by atoms with Crippen LogP contribution in [0.1, 0.15) is 55.2 Å². The molecule has 2 aromatic rings. The lowest BCUT2D eigenvalue weighted by atomic mass is 10.0. The molecule has 2 rings (SSSR count). The molecule has 0 saturated heterocycles. The van der Waals surface area contributed by atoms with E-state index >= 15 is 0 Å². The van der Waals surface area contributed by atoms with Crippen molar-refractivity contribution in [1.82, 2.24) is 4.57 Å². The monoisotopic (exact) mass is 379 g/mol. The summed E-state index contributed by atoms with van der Waals surface area (Å²) in [4.78, 5) is 12.6. The third kappa shape index (κ3) is 4.90. The standard InChI is InChI=1S/C23H29N3O2/c1-15(2)19-7-9-22(10-8-19)25-23(27)21(13-24)12-20-11-16(3)26(18(20)5)17(4)14-28-6/h7-12,15,17H,14H2,1-6H3,(H,25,27)/b21-12+. The second kappa shape index (κ2) is 9.38. The number of carbonyl (C=O) groups excluding carboxylic acids is 1. The van der Waals surface area contributed by atoms with Crippen LogP contribution >= 0.6 is 0 Å². The normalized spacial score (nSPS) is 12.7. The topological polar surface area (TPSA) is 67.0 Å². The molecule has 1 unspecified atom stereocenters. The van der Waals surface area contributed by atoms with Crippen LogP contribution in [0, 0.1) is 25.2 Å². The highest BCUT2D eigenvalue weighted by atomic mass is 16.5. The molecule has 0 spiro atoms. The number of aryl methyl sites for hydroxylation is 1. The Labute approximate surface area is 167 Å². The van der Waals surface area contributed by atoms with Crippen molar-refractivity contribution in [3.63, 3.8) is 0 Å². The van der Waals surface area contributed by atoms with Crippen molar-refractivity contribution in [2.45, 2.75) is 46.6 Å². The van der Waals surface area contributed by atoms with Crippen LogP contribution < -0.4 is 5.32 Å². The van der Waals surface area contributed by atoms with Gasteiger partial charge in [0.05, 0.1) is 12.6 Å². The van der Waals surface area contributed by atoms with Gasteiger partial charge in [0.2, 0.25) is 0 Å². The Hall–Kier alpha value is -2.84. The third-order valence-electron chi connectivity index (χ3n) is 4.87. The predicted octanol–water partition coefficient (Wildman–Crippen LogP) is 4.98. The van der Waals surface area contributed by atoms with Crippen LogP contribution in [-0.4, -0.2) is 24.2 Å². The molecule has 5 heteroatoms. The zero-order valence-electron chi connectivity index (χ0n) is 17.5. The number of methoxy groups -OCH3 is 1. The van der Waals surface area contributed by atoms with E-state index < -0.39 is 5.91 Å². The number of ether oxygens (including phenoxy) is 1. The van der Waals surface area contributed by atoms with Gasteiger partial charge in [-0.1, -0.05) is 26.0 Å². The van der Waals surface area contributed by atoms with Crippen LogP contribution in [0.25, 0.3) is 6.08 Å². The van der Waals surface area contributed by atoms with Crippen molar-refractivity contribution < 1.29 is 9.53 Å². The Morgan fingerprint density at radius 2 is 1.89 bits per heavy atom. The van der Waals surface area contributed by atoms with Gasteiger partial charge in [0.1, 0.15) is 11.6 Å². The van der Waals surface area contributed by atoms with E-state index in [1.54, 1.807) is 13.2 Å². The molecule has 1 aromatic heterocycles. The number of amides is 1. The van der Waals surface area contributed by atoms with Crippen LogP contribution in [0.4, 0.5) is 5.69 Å². The molecule has 0 aliphatic rings. The van der Waals surface area contributed by atoms with Gasteiger partial charge in [0.15, 0.2) is 0 Å². The van der Waals surface area contributed by atoms with Crippen molar-refractivity contribution >= 4 is 17.7 Å². The first-order chi connectivity index (χ1) is 13.3. The number of nitrogens with one attached hydrogen (secondary N) is 1. The largest absolute Gasteiger partial charge is 0.383 e. The second-order valence-corrected chi connectivity index (χ2v) is 7.40. The van der Waals surface area contributed by atoms with Crippen LogP contribution in [0.2, 0.25) is 0 Å². The number of aromatic nitrogens is 1. The number of benzene rings is 1. The van der Waals surface area contributed by atoms with Gasteiger partial charge >= 0.3 is 0 Å². The van der Waals surface area contributed by atoms with Gasteiger partial charge in [-0.15, -0.1) is 0 Å². The maximum Gasteiger partial charge on any atom is 0.266 e. The highest BCUT2D eigenvalue weighted by molar-refractivity contribution is 6.09. The number of nitriles is 1.